The van der Waals surface area contributed by atoms with Crippen LogP contribution in [0.5, 0.6) is 5.75 Å². The predicted octanol–water partition coefficient (Wildman–Crippen LogP) is 4.24. The second-order valence-electron chi connectivity index (χ2n) is 7.51. The van der Waals surface area contributed by atoms with Crippen LogP contribution in [0.1, 0.15) is 35.7 Å². The molecule has 1 aliphatic heterocycles. The first-order valence-corrected chi connectivity index (χ1v) is 10.0. The maximum Gasteiger partial charge on any atom is 0.254 e. The van der Waals surface area contributed by atoms with E-state index in [1.807, 2.05) is 47.4 Å². The number of nitrogens with one attached hydrogen (secondary N) is 1. The number of piperidine rings is 1. The van der Waals surface area contributed by atoms with Gasteiger partial charge >= 0.3 is 0 Å². The highest BCUT2D eigenvalue weighted by atomic mass is 16.5. The summed E-state index contributed by atoms with van der Waals surface area (Å²) in [6.07, 6.45) is 4.40. The lowest BCUT2D eigenvalue weighted by atomic mass is 9.97. The van der Waals surface area contributed by atoms with Crippen molar-refractivity contribution in [1.82, 2.24) is 10.2 Å². The predicted molar refractivity (Wildman–Crippen MR) is 115 cm³/mol. The Balaban J connectivity index is 1.76. The third-order valence-corrected chi connectivity index (χ3v) is 5.21. The Labute approximate surface area is 168 Å². The molecule has 0 bridgehead atoms. The number of nitrogens with zero attached hydrogens (tertiary/aromatic N) is 1. The van der Waals surface area contributed by atoms with E-state index in [0.717, 1.165) is 38.2 Å². The smallest absolute Gasteiger partial charge is 0.254 e. The van der Waals surface area contributed by atoms with Crippen molar-refractivity contribution in [3.8, 4) is 5.75 Å². The van der Waals surface area contributed by atoms with Crippen molar-refractivity contribution in [2.45, 2.75) is 19.8 Å². The van der Waals surface area contributed by atoms with Gasteiger partial charge in [-0.3, -0.25) is 4.79 Å². The lowest BCUT2D eigenvalue weighted by Gasteiger charge is -2.30. The molecule has 1 aliphatic rings. The molecular formula is C24H30N2O2. The molecule has 2 aromatic carbocycles. The van der Waals surface area contributed by atoms with Gasteiger partial charge in [-0.1, -0.05) is 42.0 Å². The molecule has 2 aromatic rings. The van der Waals surface area contributed by atoms with Crippen molar-refractivity contribution in [3.63, 3.8) is 0 Å². The van der Waals surface area contributed by atoms with Crippen molar-refractivity contribution in [1.29, 1.82) is 0 Å². The van der Waals surface area contributed by atoms with Crippen molar-refractivity contribution >= 4 is 12.0 Å². The topological polar surface area (TPSA) is 41.6 Å². The van der Waals surface area contributed by atoms with E-state index in [0.29, 0.717) is 18.0 Å². The zero-order valence-corrected chi connectivity index (χ0v) is 16.9. The van der Waals surface area contributed by atoms with Crippen molar-refractivity contribution in [3.05, 3.63) is 71.3 Å². The summed E-state index contributed by atoms with van der Waals surface area (Å²) in [5.41, 5.74) is 3.06. The molecular weight excluding hydrogens is 348 g/mol. The number of amides is 1. The van der Waals surface area contributed by atoms with Crippen LogP contribution in [-0.2, 0) is 0 Å². The molecule has 1 heterocycles. The Kier molecular flexibility index (Phi) is 7.26. The monoisotopic (exact) mass is 378 g/mol. The van der Waals surface area contributed by atoms with E-state index in [9.17, 15) is 4.79 Å². The Morgan fingerprint density at radius 2 is 1.79 bits per heavy atom. The molecule has 0 spiro atoms. The summed E-state index contributed by atoms with van der Waals surface area (Å²) in [6.45, 7) is 5.61. The molecule has 1 N–H and O–H groups in total. The van der Waals surface area contributed by atoms with E-state index >= 15 is 0 Å². The lowest BCUT2D eigenvalue weighted by Crippen LogP contribution is -2.40. The second kappa shape index (κ2) is 10.1. The molecule has 0 atom stereocenters. The van der Waals surface area contributed by atoms with Crippen LogP contribution in [-0.4, -0.2) is 44.1 Å². The number of carbonyl (C=O) groups is 1. The highest BCUT2D eigenvalue weighted by molar-refractivity contribution is 5.94. The Hall–Kier alpha value is -2.59. The quantitative estimate of drug-likeness (QED) is 0.783. The summed E-state index contributed by atoms with van der Waals surface area (Å²) in [7, 11) is 1.64. The number of ether oxygens (including phenoxy) is 1. The maximum absolute atomic E-state index is 13.2. The summed E-state index contributed by atoms with van der Waals surface area (Å²) in [4.78, 5) is 15.3. The van der Waals surface area contributed by atoms with E-state index in [2.05, 4.69) is 30.4 Å². The van der Waals surface area contributed by atoms with Crippen molar-refractivity contribution < 1.29 is 9.53 Å². The van der Waals surface area contributed by atoms with Gasteiger partial charge in [-0.05, 0) is 68.6 Å². The molecule has 1 saturated heterocycles. The van der Waals surface area contributed by atoms with Crippen molar-refractivity contribution in [2.75, 3.05) is 33.3 Å². The SMILES string of the molecule is COc1ccc(C(=O)N(CC(C)=Cc2ccccc2)CC2CCNCC2)cc1. The van der Waals surface area contributed by atoms with E-state index in [-0.39, 0.29) is 5.91 Å². The summed E-state index contributed by atoms with van der Waals surface area (Å²) in [5.74, 6) is 1.40. The van der Waals surface area contributed by atoms with Gasteiger partial charge in [-0.25, -0.2) is 0 Å². The molecule has 0 aromatic heterocycles. The van der Waals surface area contributed by atoms with E-state index in [1.54, 1.807) is 7.11 Å². The van der Waals surface area contributed by atoms with E-state index in [1.165, 1.54) is 11.1 Å². The lowest BCUT2D eigenvalue weighted by molar-refractivity contribution is 0.0733. The summed E-state index contributed by atoms with van der Waals surface area (Å²) >= 11 is 0. The summed E-state index contributed by atoms with van der Waals surface area (Å²) in [5, 5.41) is 3.41. The van der Waals surface area contributed by atoms with Gasteiger partial charge in [0.1, 0.15) is 5.75 Å². The van der Waals surface area contributed by atoms with Gasteiger partial charge in [0.2, 0.25) is 0 Å². The van der Waals surface area contributed by atoms with Crippen LogP contribution in [0, 0.1) is 5.92 Å². The second-order valence-corrected chi connectivity index (χ2v) is 7.51. The fraction of sp³-hybridized carbons (Fsp3) is 0.375. The van der Waals surface area contributed by atoms with Gasteiger partial charge in [0.15, 0.2) is 0 Å². The molecule has 0 saturated carbocycles. The number of benzene rings is 2. The van der Waals surface area contributed by atoms with Crippen LogP contribution in [0.25, 0.3) is 6.08 Å². The van der Waals surface area contributed by atoms with Crippen LogP contribution in [0.15, 0.2) is 60.2 Å². The van der Waals surface area contributed by atoms with Gasteiger partial charge in [-0.2, -0.15) is 0 Å². The van der Waals surface area contributed by atoms with Gasteiger partial charge in [0.05, 0.1) is 7.11 Å². The molecule has 3 rings (SSSR count). The summed E-state index contributed by atoms with van der Waals surface area (Å²) in [6, 6.07) is 17.7. The first kappa shape index (κ1) is 20.2. The molecule has 4 nitrogen and oxygen atoms in total. The molecule has 0 aliphatic carbocycles. The first-order valence-electron chi connectivity index (χ1n) is 10.0. The largest absolute Gasteiger partial charge is 0.497 e. The number of hydrogen-bond acceptors (Lipinski definition) is 3. The zero-order valence-electron chi connectivity index (χ0n) is 16.9. The number of hydrogen-bond donors (Lipinski definition) is 1. The van der Waals surface area contributed by atoms with Gasteiger partial charge in [0.25, 0.3) is 5.91 Å². The molecule has 148 valence electrons. The molecule has 0 unspecified atom stereocenters. The van der Waals surface area contributed by atoms with Gasteiger partial charge in [-0.15, -0.1) is 0 Å². The fourth-order valence-electron chi connectivity index (χ4n) is 3.69. The van der Waals surface area contributed by atoms with Gasteiger partial charge < -0.3 is 15.0 Å². The molecule has 1 amide bonds. The Bertz CT molecular complexity index is 778. The van der Waals surface area contributed by atoms with Gasteiger partial charge in [0, 0.05) is 18.7 Å². The number of rotatable bonds is 7. The van der Waals surface area contributed by atoms with Crippen LogP contribution in [0.2, 0.25) is 0 Å². The molecule has 0 radical (unpaired) electrons. The molecule has 28 heavy (non-hydrogen) atoms. The van der Waals surface area contributed by atoms with E-state index < -0.39 is 0 Å². The average molecular weight is 379 g/mol. The maximum atomic E-state index is 13.2. The highest BCUT2D eigenvalue weighted by Gasteiger charge is 2.22. The van der Waals surface area contributed by atoms with Crippen LogP contribution >= 0.6 is 0 Å². The minimum atomic E-state index is 0.0852. The molecule has 4 heteroatoms. The minimum absolute atomic E-state index is 0.0852. The van der Waals surface area contributed by atoms with Crippen LogP contribution in [0.4, 0.5) is 0 Å². The Morgan fingerprint density at radius 1 is 1.11 bits per heavy atom. The summed E-state index contributed by atoms with van der Waals surface area (Å²) < 4.78 is 5.22. The third-order valence-electron chi connectivity index (χ3n) is 5.21. The first-order chi connectivity index (χ1) is 13.7. The van der Waals surface area contributed by atoms with Crippen molar-refractivity contribution in [2.24, 2.45) is 5.92 Å². The molecule has 1 fully saturated rings. The standard InChI is InChI=1S/C24H30N2O2/c1-19(16-20-6-4-3-5-7-20)17-26(18-21-12-14-25-15-13-21)24(27)22-8-10-23(28-2)11-9-22/h3-11,16,21,25H,12-15,17-18H2,1-2H3. The average Bonchev–Trinajstić information content (AvgIpc) is 2.74. The van der Waals surface area contributed by atoms with E-state index in [4.69, 9.17) is 4.74 Å². The number of methoxy groups -OCH3 is 1. The third kappa shape index (κ3) is 5.70. The van der Waals surface area contributed by atoms with Crippen LogP contribution < -0.4 is 10.1 Å². The Morgan fingerprint density at radius 3 is 2.43 bits per heavy atom. The van der Waals surface area contributed by atoms with Crippen LogP contribution in [0.3, 0.4) is 0 Å². The minimum Gasteiger partial charge on any atom is -0.497 e. The zero-order chi connectivity index (χ0) is 19.8. The fourth-order valence-corrected chi connectivity index (χ4v) is 3.69. The highest BCUT2D eigenvalue weighted by Crippen LogP contribution is 2.19. The number of carbonyl (C=O) groups excluding carboxylic acids is 1. The normalized spacial score (nSPS) is 15.3.